The van der Waals surface area contributed by atoms with Crippen molar-refractivity contribution >= 4 is 0 Å². The van der Waals surface area contributed by atoms with Crippen molar-refractivity contribution in [3.05, 3.63) is 0 Å². The van der Waals surface area contributed by atoms with E-state index < -0.39 is 0 Å². The molecule has 0 aromatic rings. The van der Waals surface area contributed by atoms with Gasteiger partial charge in [0.1, 0.15) is 0 Å². The molecule has 4 aliphatic rings. The Morgan fingerprint density at radius 1 is 0.920 bits per heavy atom. The zero-order valence-corrected chi connectivity index (χ0v) is 16.3. The molecule has 25 heavy (non-hydrogen) atoms. The summed E-state index contributed by atoms with van der Waals surface area (Å²) in [5.74, 6) is 1.58. The second-order valence-electron chi connectivity index (χ2n) is 9.45. The third kappa shape index (κ3) is 4.40. The van der Waals surface area contributed by atoms with Crippen molar-refractivity contribution in [2.45, 2.75) is 102 Å². The smallest absolute Gasteiger partial charge is 0.0920 e. The zero-order chi connectivity index (χ0) is 17.5. The summed E-state index contributed by atoms with van der Waals surface area (Å²) in [6.07, 6.45) is 11.1. The van der Waals surface area contributed by atoms with Crippen molar-refractivity contribution in [3.63, 3.8) is 0 Å². The Bertz CT molecular complexity index is 469. The molecule has 0 bridgehead atoms. The summed E-state index contributed by atoms with van der Waals surface area (Å²) in [6, 6.07) is 0. The molecule has 4 nitrogen and oxygen atoms in total. The normalized spacial score (nSPS) is 46.2. The van der Waals surface area contributed by atoms with Crippen LogP contribution >= 0.6 is 0 Å². The van der Waals surface area contributed by atoms with E-state index >= 15 is 0 Å². The third-order valence-electron chi connectivity index (χ3n) is 7.21. The van der Waals surface area contributed by atoms with Gasteiger partial charge in [0, 0.05) is 13.2 Å². The fraction of sp³-hybridized carbons (Fsp3) is 1.00. The van der Waals surface area contributed by atoms with Crippen LogP contribution in [0.25, 0.3) is 0 Å². The van der Waals surface area contributed by atoms with Crippen LogP contribution in [0.1, 0.15) is 72.1 Å². The van der Waals surface area contributed by atoms with Crippen LogP contribution in [0.5, 0.6) is 0 Å². The number of hydrogen-bond acceptors (Lipinski definition) is 4. The molecule has 7 atom stereocenters. The summed E-state index contributed by atoms with van der Waals surface area (Å²) in [4.78, 5) is 0. The maximum absolute atomic E-state index is 5.96. The monoisotopic (exact) mass is 352 g/mol. The summed E-state index contributed by atoms with van der Waals surface area (Å²) in [5, 5.41) is 0. The van der Waals surface area contributed by atoms with Gasteiger partial charge in [-0.05, 0) is 84.0 Å². The van der Waals surface area contributed by atoms with Crippen molar-refractivity contribution < 1.29 is 18.9 Å². The van der Waals surface area contributed by atoms with Gasteiger partial charge in [-0.25, -0.2) is 0 Å². The van der Waals surface area contributed by atoms with E-state index in [1.807, 2.05) is 0 Å². The van der Waals surface area contributed by atoms with E-state index in [4.69, 9.17) is 18.9 Å². The first-order chi connectivity index (χ1) is 12.0. The van der Waals surface area contributed by atoms with Gasteiger partial charge in [0.05, 0.1) is 36.1 Å². The van der Waals surface area contributed by atoms with Gasteiger partial charge in [0.15, 0.2) is 0 Å². The lowest BCUT2D eigenvalue weighted by molar-refractivity contribution is -0.0152. The van der Waals surface area contributed by atoms with Crippen LogP contribution in [0.15, 0.2) is 0 Å². The highest BCUT2D eigenvalue weighted by atomic mass is 16.6. The molecule has 144 valence electrons. The van der Waals surface area contributed by atoms with Crippen LogP contribution in [-0.4, -0.2) is 49.3 Å². The molecule has 0 aromatic heterocycles. The third-order valence-corrected chi connectivity index (χ3v) is 7.21. The van der Waals surface area contributed by atoms with Crippen LogP contribution in [-0.2, 0) is 18.9 Å². The van der Waals surface area contributed by atoms with Crippen LogP contribution in [0.3, 0.4) is 0 Å². The second kappa shape index (κ2) is 7.10. The van der Waals surface area contributed by atoms with E-state index in [0.717, 1.165) is 31.7 Å². The summed E-state index contributed by atoms with van der Waals surface area (Å²) in [7, 11) is 0. The number of rotatable bonds is 9. The molecule has 0 spiro atoms. The molecular weight excluding hydrogens is 316 g/mol. The first-order valence-electron chi connectivity index (χ1n) is 10.5. The molecule has 0 aromatic carbocycles. The van der Waals surface area contributed by atoms with Gasteiger partial charge in [-0.1, -0.05) is 0 Å². The maximum atomic E-state index is 5.96. The molecule has 0 amide bonds. The Morgan fingerprint density at radius 3 is 2.04 bits per heavy atom. The van der Waals surface area contributed by atoms with Crippen molar-refractivity contribution in [3.8, 4) is 0 Å². The molecule has 2 aliphatic carbocycles. The van der Waals surface area contributed by atoms with E-state index in [9.17, 15) is 0 Å². The Morgan fingerprint density at radius 2 is 1.48 bits per heavy atom. The van der Waals surface area contributed by atoms with Crippen molar-refractivity contribution in [2.24, 2.45) is 11.8 Å². The van der Waals surface area contributed by atoms with E-state index in [0.29, 0.717) is 12.2 Å². The van der Waals surface area contributed by atoms with Gasteiger partial charge in [-0.15, -0.1) is 0 Å². The molecule has 7 unspecified atom stereocenters. The molecule has 2 saturated carbocycles. The highest BCUT2D eigenvalue weighted by molar-refractivity contribution is 5.04. The van der Waals surface area contributed by atoms with Gasteiger partial charge >= 0.3 is 0 Å². The first kappa shape index (κ1) is 18.2. The Kier molecular flexibility index (Phi) is 5.18. The van der Waals surface area contributed by atoms with Gasteiger partial charge in [0.2, 0.25) is 0 Å². The lowest BCUT2D eigenvalue weighted by Crippen LogP contribution is -2.24. The number of hydrogen-bond donors (Lipinski definition) is 0. The van der Waals surface area contributed by atoms with E-state index in [1.165, 1.54) is 51.4 Å². The summed E-state index contributed by atoms with van der Waals surface area (Å²) in [6.45, 7) is 9.09. The number of epoxide rings is 2. The summed E-state index contributed by atoms with van der Waals surface area (Å²) in [5.41, 5.74) is 0.476. The minimum absolute atomic E-state index is 0.201. The average molecular weight is 353 g/mol. The SMILES string of the molecule is CC(COCCC1CCC2(C)OC2C1)OCCC1CCC2(C)OC2C1. The molecule has 2 saturated heterocycles. The first-order valence-corrected chi connectivity index (χ1v) is 10.5. The average Bonchev–Trinajstić information content (AvgIpc) is 3.44. The predicted octanol–water partition coefficient (Wildman–Crippen LogP) is 4.10. The zero-order valence-electron chi connectivity index (χ0n) is 16.3. The molecule has 4 heteroatoms. The maximum Gasteiger partial charge on any atom is 0.0920 e. The molecule has 4 fully saturated rings. The standard InChI is InChI=1S/C21H36O4/c1-15(23-11-7-17-5-9-21(3)19(13-17)25-21)14-22-10-6-16-4-8-20(2)18(12-16)24-20/h15-19H,4-14H2,1-3H3. The Hall–Kier alpha value is -0.160. The van der Waals surface area contributed by atoms with Crippen LogP contribution < -0.4 is 0 Å². The molecule has 0 N–H and O–H groups in total. The highest BCUT2D eigenvalue weighted by Crippen LogP contribution is 2.50. The van der Waals surface area contributed by atoms with Crippen molar-refractivity contribution in [2.75, 3.05) is 19.8 Å². The largest absolute Gasteiger partial charge is 0.379 e. The van der Waals surface area contributed by atoms with Gasteiger partial charge < -0.3 is 18.9 Å². The Labute approximate surface area is 152 Å². The summed E-state index contributed by atoms with van der Waals surface area (Å²) >= 11 is 0. The number of fused-ring (bicyclic) bond motifs is 2. The second-order valence-corrected chi connectivity index (χ2v) is 9.45. The van der Waals surface area contributed by atoms with Gasteiger partial charge in [-0.3, -0.25) is 0 Å². The van der Waals surface area contributed by atoms with Crippen molar-refractivity contribution in [1.29, 1.82) is 0 Å². The predicted molar refractivity (Wildman–Crippen MR) is 96.7 cm³/mol. The lowest BCUT2D eigenvalue weighted by atomic mass is 9.81. The van der Waals surface area contributed by atoms with Crippen LogP contribution in [0.4, 0.5) is 0 Å². The minimum atomic E-state index is 0.201. The molecule has 2 aliphatic heterocycles. The fourth-order valence-electron chi connectivity index (χ4n) is 4.95. The Balaban J connectivity index is 1.01. The molecular formula is C21H36O4. The minimum Gasteiger partial charge on any atom is -0.379 e. The molecule has 2 heterocycles. The number of ether oxygens (including phenoxy) is 4. The van der Waals surface area contributed by atoms with Gasteiger partial charge in [-0.2, -0.15) is 0 Å². The lowest BCUT2D eigenvalue weighted by Gasteiger charge is -2.23. The molecule has 0 radical (unpaired) electrons. The van der Waals surface area contributed by atoms with Crippen LogP contribution in [0, 0.1) is 11.8 Å². The van der Waals surface area contributed by atoms with Crippen LogP contribution in [0.2, 0.25) is 0 Å². The molecule has 4 rings (SSSR count). The van der Waals surface area contributed by atoms with E-state index in [-0.39, 0.29) is 17.3 Å². The topological polar surface area (TPSA) is 43.5 Å². The quantitative estimate of drug-likeness (QED) is 0.463. The highest BCUT2D eigenvalue weighted by Gasteiger charge is 2.55. The van der Waals surface area contributed by atoms with E-state index in [1.54, 1.807) is 0 Å². The van der Waals surface area contributed by atoms with Gasteiger partial charge in [0.25, 0.3) is 0 Å². The van der Waals surface area contributed by atoms with E-state index in [2.05, 4.69) is 20.8 Å². The van der Waals surface area contributed by atoms with Crippen molar-refractivity contribution in [1.82, 2.24) is 0 Å². The summed E-state index contributed by atoms with van der Waals surface area (Å²) < 4.78 is 23.4. The fourth-order valence-corrected chi connectivity index (χ4v) is 4.95.